The van der Waals surface area contributed by atoms with E-state index in [4.69, 9.17) is 0 Å². The number of nitro groups is 1. The van der Waals surface area contributed by atoms with Gasteiger partial charge in [-0.2, -0.15) is 5.10 Å². The number of carbonyl (C=O) groups excluding carboxylic acids is 2. The Kier molecular flexibility index (Phi) is 6.29. The van der Waals surface area contributed by atoms with Gasteiger partial charge in [0.25, 0.3) is 11.6 Å². The van der Waals surface area contributed by atoms with Gasteiger partial charge in [-0.3, -0.25) is 19.7 Å². The smallest absolute Gasteiger partial charge is 0.274 e. The summed E-state index contributed by atoms with van der Waals surface area (Å²) < 4.78 is 1.46. The quantitative estimate of drug-likeness (QED) is 0.585. The van der Waals surface area contributed by atoms with Gasteiger partial charge in [0, 0.05) is 37.5 Å². The Labute approximate surface area is 180 Å². The summed E-state index contributed by atoms with van der Waals surface area (Å²) in [5, 5.41) is 18.5. The Bertz CT molecular complexity index is 966. The fourth-order valence-corrected chi connectivity index (χ4v) is 4.43. The highest BCUT2D eigenvalue weighted by atomic mass is 16.6. The van der Waals surface area contributed by atoms with E-state index in [-0.39, 0.29) is 35.2 Å². The van der Waals surface area contributed by atoms with Crippen LogP contribution in [0.4, 0.5) is 5.69 Å². The Morgan fingerprint density at radius 1 is 1.10 bits per heavy atom. The lowest BCUT2D eigenvalue weighted by molar-refractivity contribution is -0.384. The molecule has 2 amide bonds. The van der Waals surface area contributed by atoms with Gasteiger partial charge in [-0.05, 0) is 37.8 Å². The van der Waals surface area contributed by atoms with Crippen molar-refractivity contribution in [3.63, 3.8) is 0 Å². The molecule has 0 spiro atoms. The van der Waals surface area contributed by atoms with Crippen LogP contribution in [0.3, 0.4) is 0 Å². The average Bonchev–Trinajstić information content (AvgIpc) is 3.30. The summed E-state index contributed by atoms with van der Waals surface area (Å²) in [4.78, 5) is 37.9. The van der Waals surface area contributed by atoms with Gasteiger partial charge in [0.2, 0.25) is 5.91 Å². The monoisotopic (exact) mass is 425 g/mol. The first-order chi connectivity index (χ1) is 15.0. The van der Waals surface area contributed by atoms with E-state index in [2.05, 4.69) is 10.4 Å². The summed E-state index contributed by atoms with van der Waals surface area (Å²) in [7, 11) is 0. The van der Waals surface area contributed by atoms with Crippen molar-refractivity contribution in [3.05, 3.63) is 52.3 Å². The SMILES string of the molecule is O=C(NC1CCCCC1)C1CCCN(C(=O)c2ccn(-c3cccc([N+](=O)[O-])c3)n2)C1. The molecule has 31 heavy (non-hydrogen) atoms. The third-order valence-electron chi connectivity index (χ3n) is 6.14. The molecule has 1 unspecified atom stereocenters. The van der Waals surface area contributed by atoms with E-state index in [1.807, 2.05) is 0 Å². The molecule has 2 fully saturated rings. The van der Waals surface area contributed by atoms with Gasteiger partial charge in [0.1, 0.15) is 0 Å². The number of rotatable bonds is 5. The van der Waals surface area contributed by atoms with E-state index >= 15 is 0 Å². The van der Waals surface area contributed by atoms with E-state index in [0.29, 0.717) is 18.8 Å². The van der Waals surface area contributed by atoms with Crippen LogP contribution < -0.4 is 5.32 Å². The highest BCUT2D eigenvalue weighted by Gasteiger charge is 2.31. The molecule has 1 N–H and O–H groups in total. The van der Waals surface area contributed by atoms with E-state index < -0.39 is 4.92 Å². The summed E-state index contributed by atoms with van der Waals surface area (Å²) in [6.45, 7) is 0.983. The Morgan fingerprint density at radius 3 is 2.68 bits per heavy atom. The number of hydrogen-bond donors (Lipinski definition) is 1. The minimum absolute atomic E-state index is 0.0382. The molecule has 4 rings (SSSR count). The molecular formula is C22H27N5O4. The fraction of sp³-hybridized carbons (Fsp3) is 0.500. The second kappa shape index (κ2) is 9.28. The average molecular weight is 425 g/mol. The van der Waals surface area contributed by atoms with Crippen molar-refractivity contribution in [2.45, 2.75) is 51.0 Å². The summed E-state index contributed by atoms with van der Waals surface area (Å²) >= 11 is 0. The molecule has 164 valence electrons. The van der Waals surface area contributed by atoms with Crippen LogP contribution in [-0.2, 0) is 4.79 Å². The van der Waals surface area contributed by atoms with Crippen LogP contribution in [0.2, 0.25) is 0 Å². The molecule has 9 nitrogen and oxygen atoms in total. The van der Waals surface area contributed by atoms with Crippen molar-refractivity contribution in [3.8, 4) is 5.69 Å². The lowest BCUT2D eigenvalue weighted by Gasteiger charge is -2.33. The summed E-state index contributed by atoms with van der Waals surface area (Å²) in [6, 6.07) is 7.96. The molecule has 1 atom stereocenters. The van der Waals surface area contributed by atoms with Crippen LogP contribution in [0.25, 0.3) is 5.69 Å². The van der Waals surface area contributed by atoms with Crippen LogP contribution in [-0.4, -0.2) is 50.5 Å². The van der Waals surface area contributed by atoms with Gasteiger partial charge >= 0.3 is 0 Å². The highest BCUT2D eigenvalue weighted by molar-refractivity contribution is 5.93. The van der Waals surface area contributed by atoms with E-state index in [0.717, 1.165) is 38.5 Å². The minimum Gasteiger partial charge on any atom is -0.353 e. The standard InChI is InChI=1S/C22H27N5O4/c28-21(23-17-7-2-1-3-8-17)16-6-5-12-25(15-16)22(29)20-11-13-26(24-20)18-9-4-10-19(14-18)27(30)31/h4,9-11,13-14,16-17H,1-3,5-8,12,15H2,(H,23,28). The maximum atomic E-state index is 13.0. The van der Waals surface area contributed by atoms with Crippen LogP contribution in [0.5, 0.6) is 0 Å². The highest BCUT2D eigenvalue weighted by Crippen LogP contribution is 2.22. The van der Waals surface area contributed by atoms with E-state index in [9.17, 15) is 19.7 Å². The normalized spacial score (nSPS) is 19.7. The zero-order chi connectivity index (χ0) is 21.8. The molecule has 1 aliphatic carbocycles. The maximum absolute atomic E-state index is 13.0. The Hall–Kier alpha value is -3.23. The lowest BCUT2D eigenvalue weighted by atomic mass is 9.93. The van der Waals surface area contributed by atoms with Gasteiger partial charge in [-0.15, -0.1) is 0 Å². The van der Waals surface area contributed by atoms with Crippen LogP contribution in [0.1, 0.15) is 55.4 Å². The molecule has 2 heterocycles. The first-order valence-corrected chi connectivity index (χ1v) is 10.9. The number of likely N-dealkylation sites (tertiary alicyclic amines) is 1. The summed E-state index contributed by atoms with van der Waals surface area (Å²) in [5.41, 5.74) is 0.736. The van der Waals surface area contributed by atoms with Gasteiger partial charge in [-0.25, -0.2) is 4.68 Å². The van der Waals surface area contributed by atoms with Gasteiger partial charge in [-0.1, -0.05) is 25.3 Å². The molecule has 1 saturated heterocycles. The molecule has 1 aromatic heterocycles. The van der Waals surface area contributed by atoms with Crippen molar-refractivity contribution in [2.24, 2.45) is 5.92 Å². The van der Waals surface area contributed by atoms with Gasteiger partial charge in [0.05, 0.1) is 16.5 Å². The number of hydrogen-bond acceptors (Lipinski definition) is 5. The van der Waals surface area contributed by atoms with Crippen molar-refractivity contribution >= 4 is 17.5 Å². The largest absolute Gasteiger partial charge is 0.353 e. The first kappa shape index (κ1) is 21.0. The summed E-state index contributed by atoms with van der Waals surface area (Å²) in [6.07, 6.45) is 8.81. The molecular weight excluding hydrogens is 398 g/mol. The van der Waals surface area contributed by atoms with Crippen LogP contribution in [0, 0.1) is 16.0 Å². The first-order valence-electron chi connectivity index (χ1n) is 10.9. The number of non-ortho nitro benzene ring substituents is 1. The van der Waals surface area contributed by atoms with Gasteiger partial charge < -0.3 is 10.2 Å². The number of nitrogens with zero attached hydrogens (tertiary/aromatic N) is 4. The zero-order valence-electron chi connectivity index (χ0n) is 17.4. The second-order valence-electron chi connectivity index (χ2n) is 8.36. The molecule has 2 aliphatic rings. The topological polar surface area (TPSA) is 110 Å². The number of nitro benzene ring substituents is 1. The van der Waals surface area contributed by atoms with Crippen molar-refractivity contribution in [1.29, 1.82) is 0 Å². The van der Waals surface area contributed by atoms with E-state index in [1.165, 1.54) is 23.2 Å². The number of amides is 2. The number of carbonyl (C=O) groups is 2. The number of piperidine rings is 1. The molecule has 1 aliphatic heterocycles. The minimum atomic E-state index is -0.467. The third-order valence-corrected chi connectivity index (χ3v) is 6.14. The molecule has 9 heteroatoms. The number of nitrogens with one attached hydrogen (secondary N) is 1. The van der Waals surface area contributed by atoms with Crippen LogP contribution >= 0.6 is 0 Å². The van der Waals surface area contributed by atoms with Crippen molar-refractivity contribution in [2.75, 3.05) is 13.1 Å². The molecule has 0 bridgehead atoms. The number of benzene rings is 1. The second-order valence-corrected chi connectivity index (χ2v) is 8.36. The predicted molar refractivity (Wildman–Crippen MR) is 114 cm³/mol. The molecule has 2 aromatic rings. The summed E-state index contributed by atoms with van der Waals surface area (Å²) in [5.74, 6) is -0.371. The van der Waals surface area contributed by atoms with Crippen molar-refractivity contribution in [1.82, 2.24) is 20.0 Å². The van der Waals surface area contributed by atoms with Crippen molar-refractivity contribution < 1.29 is 14.5 Å². The predicted octanol–water partition coefficient (Wildman–Crippen LogP) is 3.08. The Balaban J connectivity index is 1.40. The molecule has 0 radical (unpaired) electrons. The maximum Gasteiger partial charge on any atom is 0.274 e. The third kappa shape index (κ3) is 4.92. The van der Waals surface area contributed by atoms with Gasteiger partial charge in [0.15, 0.2) is 5.69 Å². The molecule has 1 saturated carbocycles. The number of aromatic nitrogens is 2. The Morgan fingerprint density at radius 2 is 1.90 bits per heavy atom. The zero-order valence-corrected chi connectivity index (χ0v) is 17.4. The van der Waals surface area contributed by atoms with E-state index in [1.54, 1.807) is 29.3 Å². The van der Waals surface area contributed by atoms with Crippen LogP contribution in [0.15, 0.2) is 36.5 Å². The fourth-order valence-electron chi connectivity index (χ4n) is 4.43. The lowest BCUT2D eigenvalue weighted by Crippen LogP contribution is -2.48. The molecule has 1 aromatic carbocycles.